The zero-order chi connectivity index (χ0) is 17.8. The Morgan fingerprint density at radius 3 is 1.60 bits per heavy atom. The van der Waals surface area contributed by atoms with Gasteiger partial charge in [0.25, 0.3) is 0 Å². The van der Waals surface area contributed by atoms with E-state index in [-0.39, 0.29) is 0 Å². The smallest absolute Gasteiger partial charge is 0.0942 e. The normalized spacial score (nSPS) is 11.2. The van der Waals surface area contributed by atoms with E-state index >= 15 is 0 Å². The number of benzene rings is 1. The Labute approximate surface area is 159 Å². The largest absolute Gasteiger partial charge is 0.313 e. The molecule has 0 aliphatic heterocycles. The number of hydrogen-bond acceptors (Lipinski definition) is 3. The number of rotatable bonds is 18. The molecule has 0 heterocycles. The first kappa shape index (κ1) is 22.4. The highest BCUT2D eigenvalue weighted by Gasteiger charge is 1.95. The van der Waals surface area contributed by atoms with Gasteiger partial charge >= 0.3 is 0 Å². The van der Waals surface area contributed by atoms with Crippen molar-refractivity contribution in [1.29, 1.82) is 0 Å². The predicted octanol–water partition coefficient (Wildman–Crippen LogP) is 3.83. The van der Waals surface area contributed by atoms with Gasteiger partial charge in [0.1, 0.15) is 0 Å². The standard InChI is InChI=1S/C21H41N3Si/c25-24-23-19-15-10-8-6-4-2-1-3-5-7-9-14-18-22-20-21-16-12-11-13-17-21/h11-13,16-17,22-24H,1-10,14-15,18-20H2,25H3. The summed E-state index contributed by atoms with van der Waals surface area (Å²) in [6.45, 7) is 3.29. The minimum Gasteiger partial charge on any atom is -0.313 e. The lowest BCUT2D eigenvalue weighted by molar-refractivity contribution is 0.526. The van der Waals surface area contributed by atoms with Crippen molar-refractivity contribution in [1.82, 2.24) is 15.8 Å². The van der Waals surface area contributed by atoms with Crippen LogP contribution in [0.1, 0.15) is 82.6 Å². The molecule has 0 aliphatic rings. The molecule has 144 valence electrons. The number of hydrogen-bond donors (Lipinski definition) is 3. The Kier molecular flexibility index (Phi) is 16.2. The molecule has 0 radical (unpaired) electrons. The summed E-state index contributed by atoms with van der Waals surface area (Å²) >= 11 is 0. The van der Waals surface area contributed by atoms with Crippen LogP contribution in [-0.4, -0.2) is 23.5 Å². The number of unbranched alkanes of at least 4 members (excludes halogenated alkanes) is 11. The quantitative estimate of drug-likeness (QED) is 0.211. The number of nitrogens with one attached hydrogen (secondary N) is 3. The highest BCUT2D eigenvalue weighted by molar-refractivity contribution is 6.03. The lowest BCUT2D eigenvalue weighted by Gasteiger charge is -2.05. The lowest BCUT2D eigenvalue weighted by atomic mass is 10.1. The molecule has 0 unspecified atom stereocenters. The Balaban J connectivity index is 1.69. The fraction of sp³-hybridized carbons (Fsp3) is 0.714. The van der Waals surface area contributed by atoms with Crippen molar-refractivity contribution in [3.05, 3.63) is 35.9 Å². The van der Waals surface area contributed by atoms with E-state index in [0.29, 0.717) is 0 Å². The van der Waals surface area contributed by atoms with Gasteiger partial charge in [-0.25, -0.2) is 0 Å². The Morgan fingerprint density at radius 2 is 1.08 bits per heavy atom. The molecule has 4 heteroatoms. The highest BCUT2D eigenvalue weighted by atomic mass is 28.2. The van der Waals surface area contributed by atoms with Crippen molar-refractivity contribution >= 4 is 10.4 Å². The van der Waals surface area contributed by atoms with Crippen LogP contribution < -0.4 is 15.8 Å². The van der Waals surface area contributed by atoms with Crippen LogP contribution in [0.25, 0.3) is 0 Å². The van der Waals surface area contributed by atoms with Crippen molar-refractivity contribution in [3.63, 3.8) is 0 Å². The molecule has 25 heavy (non-hydrogen) atoms. The summed E-state index contributed by atoms with van der Waals surface area (Å²) in [5.74, 6) is 0. The SMILES string of the molecule is [SiH3]NNCCCCCCCCCCCCCCNCc1ccccc1. The van der Waals surface area contributed by atoms with Gasteiger partial charge in [-0.3, -0.25) is 10.5 Å². The molecule has 3 nitrogen and oxygen atoms in total. The molecule has 0 saturated heterocycles. The van der Waals surface area contributed by atoms with Crippen molar-refractivity contribution in [2.24, 2.45) is 0 Å². The van der Waals surface area contributed by atoms with E-state index in [4.69, 9.17) is 0 Å². The third-order valence-electron chi connectivity index (χ3n) is 4.75. The van der Waals surface area contributed by atoms with Crippen molar-refractivity contribution in [2.45, 2.75) is 83.6 Å². The van der Waals surface area contributed by atoms with E-state index in [1.165, 1.54) is 82.6 Å². The minimum atomic E-state index is 1.01. The molecule has 1 rings (SSSR count). The van der Waals surface area contributed by atoms with Crippen LogP contribution in [0.15, 0.2) is 30.3 Å². The first-order chi connectivity index (χ1) is 12.4. The Hall–Kier alpha value is -0.683. The van der Waals surface area contributed by atoms with Crippen LogP contribution in [0.3, 0.4) is 0 Å². The topological polar surface area (TPSA) is 36.1 Å². The Morgan fingerprint density at radius 1 is 0.600 bits per heavy atom. The molecular formula is C21H41N3Si. The maximum absolute atomic E-state index is 3.54. The summed E-state index contributed by atoms with van der Waals surface area (Å²) in [5, 5.41) is 6.65. The van der Waals surface area contributed by atoms with Gasteiger partial charge in [0, 0.05) is 13.1 Å². The molecule has 1 aromatic carbocycles. The van der Waals surface area contributed by atoms with E-state index in [1.54, 1.807) is 0 Å². The van der Waals surface area contributed by atoms with E-state index in [9.17, 15) is 0 Å². The molecule has 0 spiro atoms. The first-order valence-corrected chi connectivity index (χ1v) is 11.6. The highest BCUT2D eigenvalue weighted by Crippen LogP contribution is 2.11. The van der Waals surface area contributed by atoms with Gasteiger partial charge in [0.2, 0.25) is 0 Å². The zero-order valence-corrected chi connectivity index (χ0v) is 18.5. The molecule has 0 aliphatic carbocycles. The fourth-order valence-electron chi connectivity index (χ4n) is 3.18. The average molecular weight is 364 g/mol. The molecule has 0 bridgehead atoms. The van der Waals surface area contributed by atoms with Gasteiger partial charge in [0.05, 0.1) is 10.4 Å². The van der Waals surface area contributed by atoms with Crippen LogP contribution in [0.5, 0.6) is 0 Å². The van der Waals surface area contributed by atoms with Crippen molar-refractivity contribution in [3.8, 4) is 0 Å². The maximum Gasteiger partial charge on any atom is 0.0942 e. The van der Waals surface area contributed by atoms with E-state index < -0.39 is 0 Å². The van der Waals surface area contributed by atoms with E-state index in [0.717, 1.165) is 30.0 Å². The van der Waals surface area contributed by atoms with Crippen LogP contribution in [0.2, 0.25) is 0 Å². The van der Waals surface area contributed by atoms with Gasteiger partial charge in [-0.2, -0.15) is 0 Å². The second-order valence-corrected chi connectivity index (χ2v) is 7.58. The van der Waals surface area contributed by atoms with Crippen LogP contribution in [0.4, 0.5) is 0 Å². The van der Waals surface area contributed by atoms with Crippen molar-refractivity contribution < 1.29 is 0 Å². The predicted molar refractivity (Wildman–Crippen MR) is 115 cm³/mol. The molecule has 0 amide bonds. The second kappa shape index (κ2) is 18.1. The molecule has 1 aromatic rings. The van der Waals surface area contributed by atoms with Crippen molar-refractivity contribution in [2.75, 3.05) is 13.1 Å². The van der Waals surface area contributed by atoms with Gasteiger partial charge in [-0.1, -0.05) is 94.5 Å². The fourth-order valence-corrected chi connectivity index (χ4v) is 3.43. The molecule has 0 atom stereocenters. The molecule has 0 aromatic heterocycles. The maximum atomic E-state index is 3.54. The van der Waals surface area contributed by atoms with E-state index in [1.807, 2.05) is 0 Å². The molecule has 3 N–H and O–H groups in total. The van der Waals surface area contributed by atoms with Gasteiger partial charge < -0.3 is 5.32 Å². The first-order valence-electron chi connectivity index (χ1n) is 10.6. The third-order valence-corrected chi connectivity index (χ3v) is 5.11. The average Bonchev–Trinajstić information content (AvgIpc) is 2.65. The van der Waals surface area contributed by atoms with Gasteiger partial charge in [-0.15, -0.1) is 0 Å². The second-order valence-electron chi connectivity index (χ2n) is 7.08. The summed E-state index contributed by atoms with van der Waals surface area (Å²) in [6, 6.07) is 10.7. The van der Waals surface area contributed by atoms with Crippen LogP contribution in [-0.2, 0) is 6.54 Å². The Bertz CT molecular complexity index is 373. The third kappa shape index (κ3) is 15.3. The molecule has 0 saturated carbocycles. The monoisotopic (exact) mass is 363 g/mol. The molecule has 0 fully saturated rings. The minimum absolute atomic E-state index is 1.01. The van der Waals surface area contributed by atoms with Gasteiger partial charge in [-0.05, 0) is 24.9 Å². The van der Waals surface area contributed by atoms with Crippen LogP contribution in [0, 0.1) is 0 Å². The zero-order valence-electron chi connectivity index (χ0n) is 16.5. The lowest BCUT2D eigenvalue weighted by Crippen LogP contribution is -2.29. The summed E-state index contributed by atoms with van der Waals surface area (Å²) in [7, 11) is 1.04. The number of hydrazine groups is 1. The summed E-state index contributed by atoms with van der Waals surface area (Å²) < 4.78 is 0. The summed E-state index contributed by atoms with van der Waals surface area (Å²) in [4.78, 5) is 0. The van der Waals surface area contributed by atoms with Crippen LogP contribution >= 0.6 is 0 Å². The van der Waals surface area contributed by atoms with Gasteiger partial charge in [0.15, 0.2) is 0 Å². The van der Waals surface area contributed by atoms with E-state index in [2.05, 4.69) is 46.2 Å². The molecular weight excluding hydrogens is 322 g/mol. The summed E-state index contributed by atoms with van der Waals surface area (Å²) in [6.07, 6.45) is 16.8. The summed E-state index contributed by atoms with van der Waals surface area (Å²) in [5.41, 5.74) is 4.60.